The maximum Gasteiger partial charge on any atom is 0.324 e. The highest BCUT2D eigenvalue weighted by atomic mass is 32.2. The molecule has 1 aliphatic heterocycles. The Labute approximate surface area is 152 Å². The molecule has 2 unspecified atom stereocenters. The van der Waals surface area contributed by atoms with Gasteiger partial charge in [0.1, 0.15) is 17.6 Å². The molecular weight excluding hydrogens is 334 g/mol. The van der Waals surface area contributed by atoms with Crippen LogP contribution in [0.4, 0.5) is 0 Å². The Hall–Kier alpha value is -1.82. The van der Waals surface area contributed by atoms with Crippen LogP contribution in [0.1, 0.15) is 18.1 Å². The van der Waals surface area contributed by atoms with E-state index in [2.05, 4.69) is 0 Å². The third-order valence-corrected chi connectivity index (χ3v) is 5.45. The van der Waals surface area contributed by atoms with Crippen molar-refractivity contribution in [2.75, 3.05) is 12.3 Å². The lowest BCUT2D eigenvalue weighted by Gasteiger charge is -2.41. The number of β-amino-alcohol motifs (C(OH)–C–C–N with tert-alkyl or cyclic N) is 1. The lowest BCUT2D eigenvalue weighted by atomic mass is 10.1. The van der Waals surface area contributed by atoms with E-state index in [-0.39, 0.29) is 18.6 Å². The minimum absolute atomic E-state index is 0.234. The Morgan fingerprint density at radius 3 is 2.40 bits per heavy atom. The quantitative estimate of drug-likeness (QED) is 0.834. The molecule has 2 atom stereocenters. The van der Waals surface area contributed by atoms with E-state index in [9.17, 15) is 9.90 Å². The van der Waals surface area contributed by atoms with Gasteiger partial charge in [0.15, 0.2) is 0 Å². The number of aliphatic hydroxyl groups is 1. The van der Waals surface area contributed by atoms with E-state index in [4.69, 9.17) is 4.74 Å². The Kier molecular flexibility index (Phi) is 5.78. The fourth-order valence-corrected chi connectivity index (χ4v) is 4.04. The molecule has 25 heavy (non-hydrogen) atoms. The molecule has 1 heterocycles. The summed E-state index contributed by atoms with van der Waals surface area (Å²) in [7, 11) is 0. The summed E-state index contributed by atoms with van der Waals surface area (Å²) >= 11 is 1.41. The highest BCUT2D eigenvalue weighted by Gasteiger charge is 2.39. The molecule has 1 aliphatic rings. The average molecular weight is 357 g/mol. The van der Waals surface area contributed by atoms with Crippen LogP contribution in [0.2, 0.25) is 0 Å². The van der Waals surface area contributed by atoms with Gasteiger partial charge in [0.2, 0.25) is 0 Å². The zero-order chi connectivity index (χ0) is 17.7. The number of benzene rings is 2. The Morgan fingerprint density at radius 2 is 1.76 bits per heavy atom. The van der Waals surface area contributed by atoms with Crippen molar-refractivity contribution in [1.82, 2.24) is 4.90 Å². The standard InChI is InChI=1S/C20H23NO3S/c1-20(23)15-21(12-16-8-4-2-5-9-16)18(14-25-20)19(22)24-13-17-10-6-3-7-11-17/h2-11,18,23H,12-15H2,1H3. The van der Waals surface area contributed by atoms with E-state index in [0.717, 1.165) is 11.1 Å². The van der Waals surface area contributed by atoms with E-state index in [1.54, 1.807) is 6.92 Å². The SMILES string of the molecule is CC1(O)CN(Cc2ccccc2)C(C(=O)OCc2ccccc2)CS1. The minimum atomic E-state index is -0.856. The number of esters is 1. The van der Waals surface area contributed by atoms with E-state index in [1.807, 2.05) is 65.6 Å². The van der Waals surface area contributed by atoms with Crippen LogP contribution in [0.15, 0.2) is 60.7 Å². The molecule has 4 nitrogen and oxygen atoms in total. The molecule has 0 saturated carbocycles. The largest absolute Gasteiger partial charge is 0.460 e. The monoisotopic (exact) mass is 357 g/mol. The first kappa shape index (κ1) is 18.0. The molecular formula is C20H23NO3S. The minimum Gasteiger partial charge on any atom is -0.460 e. The van der Waals surface area contributed by atoms with Gasteiger partial charge >= 0.3 is 5.97 Å². The van der Waals surface area contributed by atoms with Crippen molar-refractivity contribution in [3.63, 3.8) is 0 Å². The second-order valence-corrected chi connectivity index (χ2v) is 7.99. The number of rotatable bonds is 5. The van der Waals surface area contributed by atoms with Crippen molar-refractivity contribution in [2.24, 2.45) is 0 Å². The summed E-state index contributed by atoms with van der Waals surface area (Å²) in [6, 6.07) is 19.3. The fourth-order valence-electron chi connectivity index (χ4n) is 2.92. The highest BCUT2D eigenvalue weighted by molar-refractivity contribution is 8.00. The van der Waals surface area contributed by atoms with E-state index >= 15 is 0 Å². The number of hydrogen-bond donors (Lipinski definition) is 1. The first-order chi connectivity index (χ1) is 12.0. The normalized spacial score (nSPS) is 24.0. The van der Waals surface area contributed by atoms with Crippen LogP contribution in [0.3, 0.4) is 0 Å². The molecule has 0 spiro atoms. The van der Waals surface area contributed by atoms with Crippen LogP contribution in [0.5, 0.6) is 0 Å². The molecule has 132 valence electrons. The van der Waals surface area contributed by atoms with Crippen molar-refractivity contribution >= 4 is 17.7 Å². The van der Waals surface area contributed by atoms with Crippen LogP contribution >= 0.6 is 11.8 Å². The molecule has 5 heteroatoms. The van der Waals surface area contributed by atoms with Crippen molar-refractivity contribution in [2.45, 2.75) is 31.1 Å². The lowest BCUT2D eigenvalue weighted by Crippen LogP contribution is -2.53. The summed E-state index contributed by atoms with van der Waals surface area (Å²) in [4.78, 5) is 13.8. The van der Waals surface area contributed by atoms with Gasteiger partial charge in [-0.05, 0) is 18.1 Å². The first-order valence-corrected chi connectivity index (χ1v) is 9.37. The third-order valence-electron chi connectivity index (χ3n) is 4.21. The van der Waals surface area contributed by atoms with Crippen molar-refractivity contribution in [3.05, 3.63) is 71.8 Å². The molecule has 0 bridgehead atoms. The molecule has 1 N–H and O–H groups in total. The molecule has 2 aromatic carbocycles. The van der Waals surface area contributed by atoms with Crippen LogP contribution in [0, 0.1) is 0 Å². The van der Waals surface area contributed by atoms with Crippen molar-refractivity contribution in [3.8, 4) is 0 Å². The predicted octanol–water partition coefficient (Wildman–Crippen LogP) is 3.06. The Bertz CT molecular complexity index is 691. The maximum absolute atomic E-state index is 12.6. The average Bonchev–Trinajstić information content (AvgIpc) is 2.61. The predicted molar refractivity (Wildman–Crippen MR) is 100.0 cm³/mol. The van der Waals surface area contributed by atoms with Gasteiger partial charge < -0.3 is 9.84 Å². The smallest absolute Gasteiger partial charge is 0.324 e. The van der Waals surface area contributed by atoms with Crippen LogP contribution < -0.4 is 0 Å². The van der Waals surface area contributed by atoms with Gasteiger partial charge in [0, 0.05) is 18.8 Å². The molecule has 2 aromatic rings. The van der Waals surface area contributed by atoms with Crippen LogP contribution in [-0.4, -0.2) is 39.2 Å². The highest BCUT2D eigenvalue weighted by Crippen LogP contribution is 2.32. The second-order valence-electron chi connectivity index (χ2n) is 6.49. The maximum atomic E-state index is 12.6. The number of thioether (sulfide) groups is 1. The van der Waals surface area contributed by atoms with Gasteiger partial charge in [-0.2, -0.15) is 0 Å². The van der Waals surface area contributed by atoms with Gasteiger partial charge in [-0.25, -0.2) is 0 Å². The number of hydrogen-bond acceptors (Lipinski definition) is 5. The summed E-state index contributed by atoms with van der Waals surface area (Å²) in [6.45, 7) is 3.11. The summed E-state index contributed by atoms with van der Waals surface area (Å²) in [6.07, 6.45) is 0. The Morgan fingerprint density at radius 1 is 1.16 bits per heavy atom. The lowest BCUT2D eigenvalue weighted by molar-refractivity contribution is -0.151. The van der Waals surface area contributed by atoms with Crippen LogP contribution in [0.25, 0.3) is 0 Å². The number of carbonyl (C=O) groups excluding carboxylic acids is 1. The van der Waals surface area contributed by atoms with Gasteiger partial charge in [-0.1, -0.05) is 60.7 Å². The molecule has 0 amide bonds. The molecule has 1 saturated heterocycles. The molecule has 0 aromatic heterocycles. The molecule has 3 rings (SSSR count). The summed E-state index contributed by atoms with van der Waals surface area (Å²) in [5, 5.41) is 10.4. The number of carbonyl (C=O) groups is 1. The van der Waals surface area contributed by atoms with Gasteiger partial charge in [-0.3, -0.25) is 9.69 Å². The topological polar surface area (TPSA) is 49.8 Å². The third kappa shape index (κ3) is 5.08. The first-order valence-electron chi connectivity index (χ1n) is 8.38. The Balaban J connectivity index is 1.67. The zero-order valence-corrected chi connectivity index (χ0v) is 15.1. The van der Waals surface area contributed by atoms with Crippen LogP contribution in [-0.2, 0) is 22.7 Å². The fraction of sp³-hybridized carbons (Fsp3) is 0.350. The van der Waals surface area contributed by atoms with Crippen molar-refractivity contribution < 1.29 is 14.6 Å². The number of nitrogens with zero attached hydrogens (tertiary/aromatic N) is 1. The van der Waals surface area contributed by atoms with Crippen molar-refractivity contribution in [1.29, 1.82) is 0 Å². The van der Waals surface area contributed by atoms with Gasteiger partial charge in [0.25, 0.3) is 0 Å². The van der Waals surface area contributed by atoms with Gasteiger partial charge in [-0.15, -0.1) is 11.8 Å². The summed E-state index contributed by atoms with van der Waals surface area (Å²) in [5.74, 6) is 0.288. The summed E-state index contributed by atoms with van der Waals surface area (Å²) < 4.78 is 5.53. The summed E-state index contributed by atoms with van der Waals surface area (Å²) in [5.41, 5.74) is 2.09. The van der Waals surface area contributed by atoms with E-state index in [0.29, 0.717) is 18.8 Å². The van der Waals surface area contributed by atoms with E-state index < -0.39 is 4.93 Å². The molecule has 0 aliphatic carbocycles. The van der Waals surface area contributed by atoms with E-state index in [1.165, 1.54) is 11.8 Å². The second kappa shape index (κ2) is 8.04. The van der Waals surface area contributed by atoms with Gasteiger partial charge in [0.05, 0.1) is 0 Å². The molecule has 1 fully saturated rings. The number of ether oxygens (including phenoxy) is 1. The zero-order valence-electron chi connectivity index (χ0n) is 14.3. The molecule has 0 radical (unpaired) electrons.